The van der Waals surface area contributed by atoms with Crippen LogP contribution >= 0.6 is 0 Å². The van der Waals surface area contributed by atoms with E-state index in [2.05, 4.69) is 4.98 Å². The van der Waals surface area contributed by atoms with Crippen LogP contribution in [0.2, 0.25) is 0 Å². The molecule has 0 aliphatic heterocycles. The van der Waals surface area contributed by atoms with Crippen LogP contribution in [0.1, 0.15) is 12.5 Å². The first kappa shape index (κ1) is 13.7. The molecule has 1 atom stereocenters. The molecule has 0 saturated heterocycles. The number of nitrogens with one attached hydrogen (secondary N) is 1. The van der Waals surface area contributed by atoms with Crippen LogP contribution in [0.15, 0.2) is 30.5 Å². The maximum atomic E-state index is 10.6. The van der Waals surface area contributed by atoms with Crippen molar-refractivity contribution in [3.8, 4) is 6.07 Å². The zero-order chi connectivity index (χ0) is 13.5. The summed E-state index contributed by atoms with van der Waals surface area (Å²) in [4.78, 5) is 13.7. The van der Waals surface area contributed by atoms with Crippen molar-refractivity contribution in [2.24, 2.45) is 5.73 Å². The fourth-order valence-electron chi connectivity index (χ4n) is 1.62. The number of carboxylic acids is 1. The van der Waals surface area contributed by atoms with Crippen molar-refractivity contribution < 1.29 is 9.90 Å². The molecule has 5 heteroatoms. The van der Waals surface area contributed by atoms with Gasteiger partial charge in [-0.25, -0.2) is 0 Å². The van der Waals surface area contributed by atoms with E-state index in [1.54, 1.807) is 6.07 Å². The molecule has 1 aromatic carbocycles. The van der Waals surface area contributed by atoms with Gasteiger partial charge in [0, 0.05) is 30.4 Å². The number of aliphatic carboxylic acids is 1. The van der Waals surface area contributed by atoms with E-state index in [0.717, 1.165) is 16.5 Å². The lowest BCUT2D eigenvalue weighted by atomic mass is 10.1. The van der Waals surface area contributed by atoms with Crippen molar-refractivity contribution >= 4 is 16.9 Å². The van der Waals surface area contributed by atoms with Gasteiger partial charge in [-0.1, -0.05) is 18.2 Å². The molecule has 2 aromatic rings. The minimum absolute atomic E-state index is 0.347. The topological polar surface area (TPSA) is 103 Å². The van der Waals surface area contributed by atoms with Crippen molar-refractivity contribution in [1.29, 1.82) is 5.26 Å². The molecule has 0 spiro atoms. The number of carbonyl (C=O) groups is 1. The van der Waals surface area contributed by atoms with Gasteiger partial charge in [-0.15, -0.1) is 0 Å². The Balaban J connectivity index is 0.000000492. The summed E-state index contributed by atoms with van der Waals surface area (Å²) in [7, 11) is 0. The van der Waals surface area contributed by atoms with Crippen molar-refractivity contribution in [3.63, 3.8) is 0 Å². The highest BCUT2D eigenvalue weighted by Gasteiger charge is 2.14. The van der Waals surface area contributed by atoms with Gasteiger partial charge in [0.05, 0.1) is 6.07 Å². The lowest BCUT2D eigenvalue weighted by molar-refractivity contribution is -0.138. The summed E-state index contributed by atoms with van der Waals surface area (Å²) in [6.45, 7) is 1.43. The number of nitrogens with zero attached hydrogens (tertiary/aromatic N) is 1. The first-order valence-electron chi connectivity index (χ1n) is 5.44. The van der Waals surface area contributed by atoms with Crippen LogP contribution < -0.4 is 5.73 Å². The van der Waals surface area contributed by atoms with Crippen LogP contribution in [0.5, 0.6) is 0 Å². The Kier molecular flexibility index (Phi) is 4.90. The van der Waals surface area contributed by atoms with Gasteiger partial charge in [-0.05, 0) is 11.6 Å². The van der Waals surface area contributed by atoms with Crippen molar-refractivity contribution in [1.82, 2.24) is 4.98 Å². The minimum atomic E-state index is -0.972. The van der Waals surface area contributed by atoms with Gasteiger partial charge in [-0.3, -0.25) is 4.79 Å². The van der Waals surface area contributed by atoms with Crippen LogP contribution in [0.3, 0.4) is 0 Å². The highest BCUT2D eigenvalue weighted by Crippen LogP contribution is 2.18. The first-order chi connectivity index (χ1) is 8.60. The third-order valence-corrected chi connectivity index (χ3v) is 2.43. The Bertz CT molecular complexity index is 569. The molecule has 0 unspecified atom stereocenters. The van der Waals surface area contributed by atoms with E-state index in [-0.39, 0.29) is 0 Å². The molecular weight excluding hydrogens is 230 g/mol. The van der Waals surface area contributed by atoms with E-state index in [1.807, 2.05) is 30.5 Å². The number of carboxylic acid groups (broad SMARTS) is 1. The average Bonchev–Trinajstić information content (AvgIpc) is 2.74. The Hall–Kier alpha value is -2.32. The van der Waals surface area contributed by atoms with Gasteiger partial charge in [0.15, 0.2) is 0 Å². The van der Waals surface area contributed by atoms with E-state index in [0.29, 0.717) is 6.42 Å². The van der Waals surface area contributed by atoms with Crippen LogP contribution in [0.25, 0.3) is 10.9 Å². The number of nitriles is 1. The summed E-state index contributed by atoms with van der Waals surface area (Å²) in [5, 5.41) is 17.1. The highest BCUT2D eigenvalue weighted by molar-refractivity contribution is 5.84. The van der Waals surface area contributed by atoms with Crippen molar-refractivity contribution in [2.45, 2.75) is 19.4 Å². The fraction of sp³-hybridized carbons (Fsp3) is 0.231. The number of aromatic amines is 1. The Labute approximate surface area is 105 Å². The lowest BCUT2D eigenvalue weighted by Gasteiger charge is -2.04. The number of fused-ring (bicyclic) bond motifs is 1. The van der Waals surface area contributed by atoms with Crippen LogP contribution in [-0.4, -0.2) is 22.1 Å². The zero-order valence-electron chi connectivity index (χ0n) is 10.1. The number of rotatable bonds is 3. The maximum Gasteiger partial charge on any atom is 0.320 e. The molecule has 94 valence electrons. The second-order valence-electron chi connectivity index (χ2n) is 3.73. The fourth-order valence-corrected chi connectivity index (χ4v) is 1.62. The van der Waals surface area contributed by atoms with Gasteiger partial charge in [0.1, 0.15) is 6.04 Å². The predicted octanol–water partition coefficient (Wildman–Crippen LogP) is 1.65. The molecule has 0 saturated carbocycles. The molecule has 0 radical (unpaired) electrons. The van der Waals surface area contributed by atoms with E-state index in [9.17, 15) is 4.79 Å². The quantitative estimate of drug-likeness (QED) is 0.764. The maximum absolute atomic E-state index is 10.6. The smallest absolute Gasteiger partial charge is 0.320 e. The van der Waals surface area contributed by atoms with E-state index in [4.69, 9.17) is 16.1 Å². The van der Waals surface area contributed by atoms with Gasteiger partial charge >= 0.3 is 5.97 Å². The summed E-state index contributed by atoms with van der Waals surface area (Å²) < 4.78 is 0. The monoisotopic (exact) mass is 245 g/mol. The van der Waals surface area contributed by atoms with Gasteiger partial charge in [0.25, 0.3) is 0 Å². The van der Waals surface area contributed by atoms with Crippen LogP contribution in [-0.2, 0) is 11.2 Å². The number of para-hydroxylation sites is 1. The summed E-state index contributed by atoms with van der Waals surface area (Å²) in [6.07, 6.45) is 2.16. The molecule has 4 N–H and O–H groups in total. The SMILES string of the molecule is CC#N.N[C@@H](Cc1c[nH]c2ccccc12)C(=O)O. The third kappa shape index (κ3) is 3.34. The van der Waals surface area contributed by atoms with Gasteiger partial charge in [0.2, 0.25) is 0 Å². The Morgan fingerprint density at radius 2 is 2.17 bits per heavy atom. The zero-order valence-corrected chi connectivity index (χ0v) is 10.1. The minimum Gasteiger partial charge on any atom is -0.480 e. The van der Waals surface area contributed by atoms with E-state index >= 15 is 0 Å². The van der Waals surface area contributed by atoms with Gasteiger partial charge < -0.3 is 15.8 Å². The summed E-state index contributed by atoms with van der Waals surface area (Å²) >= 11 is 0. The molecule has 1 heterocycles. The van der Waals surface area contributed by atoms with Gasteiger partial charge in [-0.2, -0.15) is 5.26 Å². The number of benzene rings is 1. The Morgan fingerprint density at radius 1 is 1.56 bits per heavy atom. The molecule has 0 aliphatic rings. The standard InChI is InChI=1S/C11H12N2O2.C2H3N/c12-9(11(14)15)5-7-6-13-10-4-2-1-3-8(7)10;1-2-3/h1-4,6,9,13H,5,12H2,(H,14,15);1H3/t9-;/m0./s1. The van der Waals surface area contributed by atoms with Crippen LogP contribution in [0, 0.1) is 11.3 Å². The molecule has 0 fully saturated rings. The number of H-pyrrole nitrogens is 1. The predicted molar refractivity (Wildman–Crippen MR) is 68.9 cm³/mol. The molecule has 1 aromatic heterocycles. The molecular formula is C13H15N3O2. The Morgan fingerprint density at radius 3 is 2.78 bits per heavy atom. The summed E-state index contributed by atoms with van der Waals surface area (Å²) in [6, 6.07) is 8.66. The largest absolute Gasteiger partial charge is 0.480 e. The number of nitrogens with two attached hydrogens (primary N) is 1. The molecule has 0 amide bonds. The second-order valence-corrected chi connectivity index (χ2v) is 3.73. The third-order valence-electron chi connectivity index (χ3n) is 2.43. The molecule has 0 aliphatic carbocycles. The molecule has 18 heavy (non-hydrogen) atoms. The number of hydrogen-bond acceptors (Lipinski definition) is 3. The van der Waals surface area contributed by atoms with Crippen LogP contribution in [0.4, 0.5) is 0 Å². The van der Waals surface area contributed by atoms with Crippen molar-refractivity contribution in [2.75, 3.05) is 0 Å². The molecule has 5 nitrogen and oxygen atoms in total. The normalized spacial score (nSPS) is 11.2. The lowest BCUT2D eigenvalue weighted by Crippen LogP contribution is -2.32. The summed E-state index contributed by atoms with van der Waals surface area (Å²) in [5.74, 6) is -0.972. The molecule has 2 rings (SSSR count). The second kappa shape index (κ2) is 6.42. The molecule has 0 bridgehead atoms. The first-order valence-corrected chi connectivity index (χ1v) is 5.44. The van der Waals surface area contributed by atoms with Crippen molar-refractivity contribution in [3.05, 3.63) is 36.0 Å². The number of aromatic nitrogens is 1. The van der Waals surface area contributed by atoms with E-state index < -0.39 is 12.0 Å². The average molecular weight is 245 g/mol. The van der Waals surface area contributed by atoms with E-state index in [1.165, 1.54) is 6.92 Å². The highest BCUT2D eigenvalue weighted by atomic mass is 16.4. The summed E-state index contributed by atoms with van der Waals surface area (Å²) in [5.41, 5.74) is 7.43. The number of hydrogen-bond donors (Lipinski definition) is 3.